The number of fused-ring (bicyclic) bond motifs is 1. The molecular formula is C21H17F3N8O. The van der Waals surface area contributed by atoms with E-state index in [9.17, 15) is 23.2 Å². The van der Waals surface area contributed by atoms with Crippen LogP contribution in [-0.2, 0) is 6.18 Å². The van der Waals surface area contributed by atoms with Gasteiger partial charge in [-0.05, 0) is 37.5 Å². The van der Waals surface area contributed by atoms with Gasteiger partial charge in [0.1, 0.15) is 23.0 Å². The van der Waals surface area contributed by atoms with Crippen molar-refractivity contribution in [2.45, 2.75) is 43.9 Å². The van der Waals surface area contributed by atoms with Gasteiger partial charge in [-0.15, -0.1) is 0 Å². The molecule has 33 heavy (non-hydrogen) atoms. The predicted octanol–water partition coefficient (Wildman–Crippen LogP) is 3.33. The van der Waals surface area contributed by atoms with Crippen molar-refractivity contribution in [1.29, 1.82) is 5.26 Å². The molecule has 0 unspecified atom stereocenters. The Hall–Kier alpha value is -4.01. The Kier molecular flexibility index (Phi) is 4.77. The van der Waals surface area contributed by atoms with Crippen molar-refractivity contribution in [2.75, 3.05) is 0 Å². The van der Waals surface area contributed by atoms with Gasteiger partial charge in [0.25, 0.3) is 5.56 Å². The summed E-state index contributed by atoms with van der Waals surface area (Å²) in [4.78, 5) is 23.8. The highest BCUT2D eigenvalue weighted by Crippen LogP contribution is 2.44. The number of rotatable bonds is 4. The van der Waals surface area contributed by atoms with E-state index in [2.05, 4.69) is 25.1 Å². The fourth-order valence-corrected chi connectivity index (χ4v) is 4.14. The molecule has 9 nitrogen and oxygen atoms in total. The van der Waals surface area contributed by atoms with Gasteiger partial charge >= 0.3 is 6.18 Å². The largest absolute Gasteiger partial charge is 0.433 e. The molecule has 0 radical (unpaired) electrons. The van der Waals surface area contributed by atoms with Crippen molar-refractivity contribution in [1.82, 2.24) is 34.5 Å². The highest BCUT2D eigenvalue weighted by Gasteiger charge is 2.37. The SMILES string of the molecule is C[C@@H](c1ccc(C(F)(F)F)nc1)n1nc(C#N)c2c(=O)[nH]c([C@H]3CC[C@@H]3n3cccn3)nc21. The Bertz CT molecular complexity index is 1410. The highest BCUT2D eigenvalue weighted by molar-refractivity contribution is 5.80. The van der Waals surface area contributed by atoms with Crippen molar-refractivity contribution in [2.24, 2.45) is 0 Å². The molecule has 1 N–H and O–H groups in total. The summed E-state index contributed by atoms with van der Waals surface area (Å²) >= 11 is 0. The zero-order valence-corrected chi connectivity index (χ0v) is 17.3. The molecule has 4 heterocycles. The van der Waals surface area contributed by atoms with E-state index in [-0.39, 0.29) is 28.7 Å². The lowest BCUT2D eigenvalue weighted by Crippen LogP contribution is -2.30. The summed E-state index contributed by atoms with van der Waals surface area (Å²) in [5.74, 6) is 0.390. The molecule has 5 rings (SSSR count). The van der Waals surface area contributed by atoms with Gasteiger partial charge in [-0.2, -0.15) is 28.6 Å². The molecule has 1 aliphatic rings. The number of nitrogens with zero attached hydrogens (tertiary/aromatic N) is 7. The molecule has 0 aliphatic heterocycles. The van der Waals surface area contributed by atoms with Crippen LogP contribution in [0.1, 0.15) is 60.5 Å². The average molecular weight is 454 g/mol. The van der Waals surface area contributed by atoms with E-state index in [1.165, 1.54) is 10.7 Å². The van der Waals surface area contributed by atoms with Crippen LogP contribution in [0.25, 0.3) is 11.0 Å². The van der Waals surface area contributed by atoms with E-state index >= 15 is 0 Å². The van der Waals surface area contributed by atoms with Gasteiger partial charge in [-0.25, -0.2) is 9.67 Å². The topological polar surface area (TPSA) is 118 Å². The van der Waals surface area contributed by atoms with E-state index in [0.717, 1.165) is 25.1 Å². The Labute approximate surface area is 184 Å². The minimum atomic E-state index is -4.55. The number of nitrogens with one attached hydrogen (secondary N) is 1. The molecule has 0 amide bonds. The smallest absolute Gasteiger partial charge is 0.309 e. The Morgan fingerprint density at radius 3 is 2.70 bits per heavy atom. The van der Waals surface area contributed by atoms with Gasteiger partial charge in [0, 0.05) is 24.5 Å². The van der Waals surface area contributed by atoms with E-state index in [1.807, 2.05) is 23.0 Å². The van der Waals surface area contributed by atoms with Crippen molar-refractivity contribution in [3.8, 4) is 6.07 Å². The Morgan fingerprint density at radius 2 is 2.12 bits per heavy atom. The van der Waals surface area contributed by atoms with Gasteiger partial charge in [0.15, 0.2) is 11.3 Å². The minimum absolute atomic E-state index is 0.0444. The fourth-order valence-electron chi connectivity index (χ4n) is 4.14. The van der Waals surface area contributed by atoms with Crippen LogP contribution in [0, 0.1) is 11.3 Å². The van der Waals surface area contributed by atoms with E-state index in [1.54, 1.807) is 13.1 Å². The summed E-state index contributed by atoms with van der Waals surface area (Å²) < 4.78 is 41.8. The third-order valence-electron chi connectivity index (χ3n) is 6.07. The van der Waals surface area contributed by atoms with Crippen molar-refractivity contribution >= 4 is 11.0 Å². The van der Waals surface area contributed by atoms with Crippen LogP contribution >= 0.6 is 0 Å². The van der Waals surface area contributed by atoms with E-state index < -0.39 is 23.5 Å². The maximum atomic E-state index is 12.9. The van der Waals surface area contributed by atoms with Crippen LogP contribution in [0.4, 0.5) is 13.2 Å². The van der Waals surface area contributed by atoms with Gasteiger partial charge in [0.2, 0.25) is 0 Å². The van der Waals surface area contributed by atoms with E-state index in [4.69, 9.17) is 0 Å². The molecule has 0 saturated heterocycles. The number of halogens is 3. The number of nitriles is 1. The number of hydrogen-bond donors (Lipinski definition) is 1. The highest BCUT2D eigenvalue weighted by atomic mass is 19.4. The molecule has 1 saturated carbocycles. The molecular weight excluding hydrogens is 437 g/mol. The number of aromatic nitrogens is 7. The number of hydrogen-bond acceptors (Lipinski definition) is 6. The van der Waals surface area contributed by atoms with Gasteiger partial charge in [-0.1, -0.05) is 6.07 Å². The van der Waals surface area contributed by atoms with Crippen LogP contribution in [0.2, 0.25) is 0 Å². The quantitative estimate of drug-likeness (QED) is 0.505. The molecule has 1 aliphatic carbocycles. The van der Waals surface area contributed by atoms with Crippen molar-refractivity contribution in [3.05, 3.63) is 69.9 Å². The predicted molar refractivity (Wildman–Crippen MR) is 109 cm³/mol. The summed E-state index contributed by atoms with van der Waals surface area (Å²) in [7, 11) is 0. The van der Waals surface area contributed by atoms with Gasteiger partial charge in [0.05, 0.1) is 12.1 Å². The van der Waals surface area contributed by atoms with Crippen molar-refractivity contribution in [3.63, 3.8) is 0 Å². The lowest BCUT2D eigenvalue weighted by atomic mass is 9.79. The second-order valence-corrected chi connectivity index (χ2v) is 7.94. The normalized spacial score (nSPS) is 19.2. The first kappa shape index (κ1) is 20.9. The van der Waals surface area contributed by atoms with Crippen LogP contribution in [0.3, 0.4) is 0 Å². The van der Waals surface area contributed by atoms with Crippen molar-refractivity contribution < 1.29 is 13.2 Å². The van der Waals surface area contributed by atoms with Crippen LogP contribution in [0.5, 0.6) is 0 Å². The summed E-state index contributed by atoms with van der Waals surface area (Å²) in [5, 5.41) is 18.1. The maximum absolute atomic E-state index is 12.9. The first-order valence-electron chi connectivity index (χ1n) is 10.2. The molecule has 0 spiro atoms. The first-order chi connectivity index (χ1) is 15.8. The van der Waals surface area contributed by atoms with Crippen LogP contribution in [-0.4, -0.2) is 34.5 Å². The fraction of sp³-hybridized carbons (Fsp3) is 0.333. The van der Waals surface area contributed by atoms with Gasteiger partial charge in [-0.3, -0.25) is 14.5 Å². The molecule has 3 atom stereocenters. The number of aromatic amines is 1. The maximum Gasteiger partial charge on any atom is 0.433 e. The average Bonchev–Trinajstić information content (AvgIpc) is 3.40. The molecule has 12 heteroatoms. The molecule has 1 fully saturated rings. The van der Waals surface area contributed by atoms with E-state index in [0.29, 0.717) is 11.4 Å². The summed E-state index contributed by atoms with van der Waals surface area (Å²) in [6.45, 7) is 1.69. The first-order valence-corrected chi connectivity index (χ1v) is 10.2. The summed E-state index contributed by atoms with van der Waals surface area (Å²) in [5.41, 5.74) is -0.966. The zero-order chi connectivity index (χ0) is 23.3. The molecule has 168 valence electrons. The summed E-state index contributed by atoms with van der Waals surface area (Å²) in [6, 6.07) is 5.34. The van der Waals surface area contributed by atoms with Gasteiger partial charge < -0.3 is 4.98 Å². The zero-order valence-electron chi connectivity index (χ0n) is 17.3. The minimum Gasteiger partial charge on any atom is -0.309 e. The second-order valence-electron chi connectivity index (χ2n) is 7.94. The monoisotopic (exact) mass is 454 g/mol. The Morgan fingerprint density at radius 1 is 1.30 bits per heavy atom. The summed E-state index contributed by atoms with van der Waals surface area (Å²) in [6.07, 6.45) is 1.78. The number of alkyl halides is 3. The molecule has 4 aromatic heterocycles. The Balaban J connectivity index is 1.58. The number of H-pyrrole nitrogens is 1. The second kappa shape index (κ2) is 7.54. The molecule has 0 aromatic carbocycles. The van der Waals surface area contributed by atoms with Crippen LogP contribution < -0.4 is 5.56 Å². The third-order valence-corrected chi connectivity index (χ3v) is 6.07. The lowest BCUT2D eigenvalue weighted by molar-refractivity contribution is -0.141. The van der Waals surface area contributed by atoms with Crippen LogP contribution in [0.15, 0.2) is 41.6 Å². The number of pyridine rings is 1. The standard InChI is InChI=1S/C21H17F3N8O/c1-11(12-3-6-16(26-10-12)21(22,23)24)32-19-17(14(9-25)30-32)20(33)29-18(28-19)13-4-5-15(13)31-8-2-7-27-31/h2-3,6-8,10-11,13,15H,4-5H2,1H3,(H,28,29,33)/t11-,13-,15-/m0/s1. The molecule has 4 aromatic rings. The lowest BCUT2D eigenvalue weighted by Gasteiger charge is -2.35. The third kappa shape index (κ3) is 3.45. The molecule has 0 bridgehead atoms.